The van der Waals surface area contributed by atoms with Crippen molar-refractivity contribution >= 4 is 17.3 Å². The molecule has 5 heteroatoms. The number of amides is 1. The van der Waals surface area contributed by atoms with Gasteiger partial charge in [0.1, 0.15) is 0 Å². The molecule has 0 radical (unpaired) electrons. The predicted octanol–water partition coefficient (Wildman–Crippen LogP) is 3.90. The zero-order valence-corrected chi connectivity index (χ0v) is 15.7. The fourth-order valence-electron chi connectivity index (χ4n) is 5.18. The molecule has 2 bridgehead atoms. The molecule has 1 amide bonds. The first-order valence-corrected chi connectivity index (χ1v) is 10.2. The van der Waals surface area contributed by atoms with Crippen LogP contribution in [0.4, 0.5) is 11.4 Å². The summed E-state index contributed by atoms with van der Waals surface area (Å²) in [5.74, 6) is 0.517. The number of ether oxygens (including phenoxy) is 1. The number of nitrogens with one attached hydrogen (secondary N) is 2. The molecule has 4 N–H and O–H groups in total. The van der Waals surface area contributed by atoms with Crippen LogP contribution in [0.3, 0.4) is 0 Å². The van der Waals surface area contributed by atoms with Gasteiger partial charge in [-0.15, -0.1) is 0 Å². The van der Waals surface area contributed by atoms with Crippen LogP contribution in [0.25, 0.3) is 0 Å². The Morgan fingerprint density at radius 3 is 2.62 bits per heavy atom. The maximum atomic E-state index is 11.9. The van der Waals surface area contributed by atoms with Crippen molar-refractivity contribution in [2.24, 2.45) is 11.7 Å². The van der Waals surface area contributed by atoms with Crippen LogP contribution in [0.1, 0.15) is 68.6 Å². The van der Waals surface area contributed by atoms with E-state index in [0.717, 1.165) is 49.6 Å². The molecule has 5 rings (SSSR count). The summed E-state index contributed by atoms with van der Waals surface area (Å²) in [6.07, 6.45) is 9.85. The van der Waals surface area contributed by atoms with Crippen LogP contribution in [0.2, 0.25) is 0 Å². The Kier molecular flexibility index (Phi) is 4.82. The number of nitrogens with two attached hydrogens (primary N) is 1. The maximum Gasteiger partial charge on any atom is 0.250 e. The molecule has 0 atom stereocenters. The second-order valence-electron chi connectivity index (χ2n) is 8.42. The number of anilines is 2. The van der Waals surface area contributed by atoms with Gasteiger partial charge in [0.05, 0.1) is 11.7 Å². The number of primary amides is 1. The zero-order chi connectivity index (χ0) is 18.1. The van der Waals surface area contributed by atoms with E-state index >= 15 is 0 Å². The van der Waals surface area contributed by atoms with Gasteiger partial charge in [0.25, 0.3) is 5.91 Å². The number of carbonyl (C=O) groups is 1. The summed E-state index contributed by atoms with van der Waals surface area (Å²) in [7, 11) is 0. The number of hydrogen-bond acceptors (Lipinski definition) is 4. The lowest BCUT2D eigenvalue weighted by Crippen LogP contribution is -2.43. The first-order chi connectivity index (χ1) is 12.6. The van der Waals surface area contributed by atoms with Gasteiger partial charge in [-0.1, -0.05) is 0 Å². The van der Waals surface area contributed by atoms with Gasteiger partial charge in [0.15, 0.2) is 0 Å². The van der Waals surface area contributed by atoms with Crippen LogP contribution >= 0.6 is 0 Å². The van der Waals surface area contributed by atoms with Crippen LogP contribution in [-0.2, 0) is 4.74 Å². The van der Waals surface area contributed by atoms with E-state index < -0.39 is 0 Å². The van der Waals surface area contributed by atoms with Gasteiger partial charge in [0.2, 0.25) is 0 Å². The molecular weight excluding hydrogens is 326 g/mol. The van der Waals surface area contributed by atoms with Crippen molar-refractivity contribution in [3.05, 3.63) is 23.8 Å². The monoisotopic (exact) mass is 357 g/mol. The van der Waals surface area contributed by atoms with Crippen LogP contribution in [0.15, 0.2) is 18.2 Å². The molecule has 26 heavy (non-hydrogen) atoms. The molecule has 0 heterocycles. The summed E-state index contributed by atoms with van der Waals surface area (Å²) in [6, 6.07) is 6.39. The lowest BCUT2D eigenvalue weighted by Gasteiger charge is -2.40. The predicted molar refractivity (Wildman–Crippen MR) is 105 cm³/mol. The van der Waals surface area contributed by atoms with Crippen LogP contribution in [0.5, 0.6) is 0 Å². The molecule has 1 aromatic rings. The molecule has 4 saturated carbocycles. The minimum Gasteiger partial charge on any atom is -0.382 e. The number of carbonyl (C=O) groups excluding carboxylic acids is 1. The highest BCUT2D eigenvalue weighted by atomic mass is 16.5. The van der Waals surface area contributed by atoms with Crippen LogP contribution in [-0.4, -0.2) is 30.2 Å². The molecule has 0 aromatic heterocycles. The van der Waals surface area contributed by atoms with Crippen molar-refractivity contribution in [2.45, 2.75) is 76.0 Å². The van der Waals surface area contributed by atoms with E-state index in [1.807, 2.05) is 12.1 Å². The summed E-state index contributed by atoms with van der Waals surface area (Å²) in [4.78, 5) is 11.9. The Balaban J connectivity index is 1.44. The van der Waals surface area contributed by atoms with Gasteiger partial charge in [-0.3, -0.25) is 4.79 Å². The van der Waals surface area contributed by atoms with Crippen molar-refractivity contribution in [1.82, 2.24) is 0 Å². The lowest BCUT2D eigenvalue weighted by atomic mass is 9.77. The van der Waals surface area contributed by atoms with Crippen LogP contribution < -0.4 is 16.4 Å². The molecule has 1 aromatic carbocycles. The van der Waals surface area contributed by atoms with Gasteiger partial charge in [-0.2, -0.15) is 0 Å². The largest absolute Gasteiger partial charge is 0.382 e. The average molecular weight is 357 g/mol. The Hall–Kier alpha value is -1.75. The molecule has 4 fully saturated rings. The molecular formula is C21H31N3O2. The summed E-state index contributed by atoms with van der Waals surface area (Å²) in [5.41, 5.74) is 8.37. The third kappa shape index (κ3) is 3.54. The van der Waals surface area contributed by atoms with Crippen LogP contribution in [0, 0.1) is 5.92 Å². The van der Waals surface area contributed by atoms with Gasteiger partial charge in [-0.25, -0.2) is 0 Å². The van der Waals surface area contributed by atoms with Crippen molar-refractivity contribution in [3.63, 3.8) is 0 Å². The van der Waals surface area contributed by atoms with E-state index in [9.17, 15) is 4.79 Å². The first kappa shape index (κ1) is 17.7. The molecule has 0 spiro atoms. The summed E-state index contributed by atoms with van der Waals surface area (Å²) in [5, 5.41) is 7.33. The lowest BCUT2D eigenvalue weighted by molar-refractivity contribution is 0.0346. The number of rotatable bonds is 7. The average Bonchev–Trinajstić information content (AvgIpc) is 3.17. The smallest absolute Gasteiger partial charge is 0.250 e. The minimum atomic E-state index is -0.360. The van der Waals surface area contributed by atoms with Gasteiger partial charge >= 0.3 is 0 Å². The Labute approximate surface area is 156 Å². The van der Waals surface area contributed by atoms with E-state index in [4.69, 9.17) is 10.5 Å². The molecule has 142 valence electrons. The zero-order valence-electron chi connectivity index (χ0n) is 15.7. The highest BCUT2D eigenvalue weighted by Gasteiger charge is 2.50. The Morgan fingerprint density at radius 1 is 1.23 bits per heavy atom. The minimum absolute atomic E-state index is 0.197. The summed E-state index contributed by atoms with van der Waals surface area (Å²) in [6.45, 7) is 2.86. The SMILES string of the molecule is CCOC1CCC(Nc2ccc(C(N)=O)c(NC34CCC(C3)C4)c2)CC1. The maximum absolute atomic E-state index is 11.9. The Bertz CT molecular complexity index is 656. The molecule has 4 aliphatic rings. The summed E-state index contributed by atoms with van der Waals surface area (Å²) >= 11 is 0. The fraction of sp³-hybridized carbons (Fsp3) is 0.667. The molecule has 5 nitrogen and oxygen atoms in total. The van der Waals surface area contributed by atoms with E-state index in [0.29, 0.717) is 17.7 Å². The Morgan fingerprint density at radius 2 is 2.00 bits per heavy atom. The molecule has 0 unspecified atom stereocenters. The molecule has 0 saturated heterocycles. The van der Waals surface area contributed by atoms with E-state index in [-0.39, 0.29) is 11.4 Å². The standard InChI is InChI=1S/C21H31N3O2/c1-2-26-17-6-3-15(4-7-17)23-16-5-8-18(20(22)25)19(11-16)24-21-10-9-14(12-21)13-21/h5,8,11,14-15,17,23-24H,2-4,6-7,9-10,12-13H2,1H3,(H2,22,25). The van der Waals surface area contributed by atoms with E-state index in [1.165, 1.54) is 25.7 Å². The number of benzene rings is 1. The van der Waals surface area contributed by atoms with E-state index in [1.54, 1.807) is 0 Å². The third-order valence-electron chi connectivity index (χ3n) is 6.52. The molecule has 4 aliphatic carbocycles. The van der Waals surface area contributed by atoms with Gasteiger partial charge in [0, 0.05) is 29.6 Å². The first-order valence-electron chi connectivity index (χ1n) is 10.2. The number of fused-ring (bicyclic) bond motifs is 1. The highest BCUT2D eigenvalue weighted by Crippen LogP contribution is 2.53. The van der Waals surface area contributed by atoms with Gasteiger partial charge < -0.3 is 21.1 Å². The van der Waals surface area contributed by atoms with Gasteiger partial charge in [-0.05, 0) is 82.4 Å². The fourth-order valence-corrected chi connectivity index (χ4v) is 5.18. The summed E-state index contributed by atoms with van der Waals surface area (Å²) < 4.78 is 5.74. The van der Waals surface area contributed by atoms with Crippen molar-refractivity contribution in [3.8, 4) is 0 Å². The van der Waals surface area contributed by atoms with Crippen molar-refractivity contribution < 1.29 is 9.53 Å². The quantitative estimate of drug-likeness (QED) is 0.692. The topological polar surface area (TPSA) is 76.4 Å². The van der Waals surface area contributed by atoms with E-state index in [2.05, 4.69) is 23.6 Å². The molecule has 0 aliphatic heterocycles. The highest BCUT2D eigenvalue weighted by molar-refractivity contribution is 5.99. The second-order valence-corrected chi connectivity index (χ2v) is 8.42. The normalized spacial score (nSPS) is 32.7. The van der Waals surface area contributed by atoms with Crippen molar-refractivity contribution in [1.29, 1.82) is 0 Å². The second kappa shape index (κ2) is 7.10. The number of hydrogen-bond donors (Lipinski definition) is 3. The third-order valence-corrected chi connectivity index (χ3v) is 6.52. The van der Waals surface area contributed by atoms with Crippen molar-refractivity contribution in [2.75, 3.05) is 17.2 Å².